The lowest BCUT2D eigenvalue weighted by atomic mass is 10.1. The van der Waals surface area contributed by atoms with Crippen LogP contribution in [0.2, 0.25) is 0 Å². The van der Waals surface area contributed by atoms with E-state index in [1.54, 1.807) is 32.0 Å². The number of aromatic nitrogens is 2. The molecule has 0 radical (unpaired) electrons. The van der Waals surface area contributed by atoms with Crippen molar-refractivity contribution >= 4 is 17.6 Å². The third-order valence-corrected chi connectivity index (χ3v) is 4.04. The summed E-state index contributed by atoms with van der Waals surface area (Å²) < 4.78 is 5.68. The Labute approximate surface area is 150 Å². The highest BCUT2D eigenvalue weighted by Crippen LogP contribution is 2.28. The van der Waals surface area contributed by atoms with Crippen LogP contribution < -0.4 is 15.0 Å². The number of carbonyl (C=O) groups is 2. The first kappa shape index (κ1) is 17.4. The van der Waals surface area contributed by atoms with Crippen LogP contribution in [0.3, 0.4) is 0 Å². The Kier molecular flexibility index (Phi) is 4.30. The van der Waals surface area contributed by atoms with Gasteiger partial charge in [0, 0.05) is 5.56 Å². The molecule has 2 aromatic rings. The molecule has 3 rings (SSSR count). The van der Waals surface area contributed by atoms with E-state index in [2.05, 4.69) is 21.4 Å². The van der Waals surface area contributed by atoms with E-state index < -0.39 is 11.6 Å². The minimum absolute atomic E-state index is 0.0601. The van der Waals surface area contributed by atoms with Gasteiger partial charge in [-0.25, -0.2) is 19.7 Å². The van der Waals surface area contributed by atoms with Gasteiger partial charge in [0.15, 0.2) is 0 Å². The largest absolute Gasteiger partial charge is 0.424 e. The first-order valence-corrected chi connectivity index (χ1v) is 8.06. The molecular weight excluding hydrogens is 334 g/mol. The van der Waals surface area contributed by atoms with Gasteiger partial charge in [0.1, 0.15) is 11.3 Å². The van der Waals surface area contributed by atoms with E-state index in [-0.39, 0.29) is 17.6 Å². The Hall–Kier alpha value is -3.47. The number of ether oxygens (including phenoxy) is 1. The molecule has 1 N–H and O–H groups in total. The number of amides is 3. The molecule has 1 saturated heterocycles. The quantitative estimate of drug-likeness (QED) is 0.848. The van der Waals surface area contributed by atoms with Gasteiger partial charge in [-0.3, -0.25) is 4.79 Å². The molecule has 8 heteroatoms. The number of benzene rings is 1. The highest BCUT2D eigenvalue weighted by atomic mass is 16.5. The molecule has 0 atom stereocenters. The molecule has 0 spiro atoms. The Morgan fingerprint density at radius 2 is 1.96 bits per heavy atom. The van der Waals surface area contributed by atoms with Gasteiger partial charge in [0.2, 0.25) is 0 Å². The summed E-state index contributed by atoms with van der Waals surface area (Å²) in [5.41, 5.74) is 0.577. The molecule has 132 valence electrons. The smallest absolute Gasteiger partial charge is 0.329 e. The summed E-state index contributed by atoms with van der Waals surface area (Å²) in [6.45, 7) is 5.17. The van der Waals surface area contributed by atoms with Crippen LogP contribution >= 0.6 is 0 Å². The van der Waals surface area contributed by atoms with E-state index in [9.17, 15) is 14.9 Å². The molecule has 0 bridgehead atoms. The molecular formula is C18H17N5O3. The van der Waals surface area contributed by atoms with Crippen molar-refractivity contribution in [1.82, 2.24) is 15.3 Å². The third-order valence-electron chi connectivity index (χ3n) is 4.04. The van der Waals surface area contributed by atoms with Crippen molar-refractivity contribution in [2.24, 2.45) is 0 Å². The van der Waals surface area contributed by atoms with Crippen molar-refractivity contribution in [3.63, 3.8) is 0 Å². The van der Waals surface area contributed by atoms with Crippen molar-refractivity contribution in [3.05, 3.63) is 41.7 Å². The van der Waals surface area contributed by atoms with E-state index in [1.807, 2.05) is 6.92 Å². The third kappa shape index (κ3) is 2.95. The molecule has 1 fully saturated rings. The summed E-state index contributed by atoms with van der Waals surface area (Å²) in [5, 5.41) is 11.8. The topological polar surface area (TPSA) is 108 Å². The predicted octanol–water partition coefficient (Wildman–Crippen LogP) is 2.54. The fourth-order valence-corrected chi connectivity index (χ4v) is 2.69. The second kappa shape index (κ2) is 6.44. The maximum absolute atomic E-state index is 12.3. The number of hydrogen-bond donors (Lipinski definition) is 1. The van der Waals surface area contributed by atoms with E-state index in [0.717, 1.165) is 10.5 Å². The first-order chi connectivity index (χ1) is 12.4. The Morgan fingerprint density at radius 1 is 1.27 bits per heavy atom. The van der Waals surface area contributed by atoms with Crippen molar-refractivity contribution in [2.45, 2.75) is 32.7 Å². The van der Waals surface area contributed by atoms with Gasteiger partial charge in [-0.2, -0.15) is 5.26 Å². The first-order valence-electron chi connectivity index (χ1n) is 8.06. The van der Waals surface area contributed by atoms with Crippen LogP contribution in [0, 0.1) is 11.3 Å². The van der Waals surface area contributed by atoms with Gasteiger partial charge in [-0.1, -0.05) is 13.0 Å². The number of nitrogens with one attached hydrogen (secondary N) is 1. The van der Waals surface area contributed by atoms with Gasteiger partial charge >= 0.3 is 12.0 Å². The zero-order valence-corrected chi connectivity index (χ0v) is 14.6. The van der Waals surface area contributed by atoms with Crippen LogP contribution in [-0.2, 0) is 11.2 Å². The van der Waals surface area contributed by atoms with E-state index >= 15 is 0 Å². The predicted molar refractivity (Wildman–Crippen MR) is 92.7 cm³/mol. The fourth-order valence-electron chi connectivity index (χ4n) is 2.69. The summed E-state index contributed by atoms with van der Waals surface area (Å²) in [4.78, 5) is 33.4. The lowest BCUT2D eigenvalue weighted by Gasteiger charge is -2.15. The molecule has 1 aromatic carbocycles. The number of carbonyl (C=O) groups excluding carboxylic acids is 2. The monoisotopic (exact) mass is 351 g/mol. The summed E-state index contributed by atoms with van der Waals surface area (Å²) in [5.74, 6) is 0.116. The molecule has 0 saturated carbocycles. The zero-order chi connectivity index (χ0) is 18.9. The van der Waals surface area contributed by atoms with Crippen molar-refractivity contribution in [1.29, 1.82) is 5.26 Å². The average Bonchev–Trinajstić information content (AvgIpc) is 2.82. The van der Waals surface area contributed by atoms with E-state index in [1.165, 1.54) is 12.4 Å². The van der Waals surface area contributed by atoms with Crippen LogP contribution in [0.15, 0.2) is 30.6 Å². The Morgan fingerprint density at radius 3 is 2.50 bits per heavy atom. The van der Waals surface area contributed by atoms with Crippen molar-refractivity contribution < 1.29 is 14.3 Å². The minimum Gasteiger partial charge on any atom is -0.424 e. The molecule has 3 amide bonds. The van der Waals surface area contributed by atoms with Gasteiger partial charge in [0.25, 0.3) is 5.91 Å². The molecule has 26 heavy (non-hydrogen) atoms. The summed E-state index contributed by atoms with van der Waals surface area (Å²) in [7, 11) is 0. The Bertz CT molecular complexity index is 915. The van der Waals surface area contributed by atoms with Gasteiger partial charge in [-0.15, -0.1) is 0 Å². The minimum atomic E-state index is -0.972. The van der Waals surface area contributed by atoms with Gasteiger partial charge in [-0.05, 0) is 32.4 Å². The van der Waals surface area contributed by atoms with Crippen LogP contribution in [0.25, 0.3) is 0 Å². The standard InChI is InChI=1S/C18H17N5O3/c1-4-13-11(8-19)6-5-7-14(13)26-16-20-9-12(10-21-16)23-15(24)18(2,3)22-17(23)25/h5-7,9-10H,4H2,1-3H3,(H,22,25). The second-order valence-electron chi connectivity index (χ2n) is 6.27. The zero-order valence-electron chi connectivity index (χ0n) is 14.6. The number of nitrogens with zero attached hydrogens (tertiary/aromatic N) is 4. The highest BCUT2D eigenvalue weighted by molar-refractivity contribution is 6.22. The van der Waals surface area contributed by atoms with E-state index in [4.69, 9.17) is 4.74 Å². The van der Waals surface area contributed by atoms with Crippen molar-refractivity contribution in [2.75, 3.05) is 4.90 Å². The van der Waals surface area contributed by atoms with Crippen molar-refractivity contribution in [3.8, 4) is 17.8 Å². The number of rotatable bonds is 4. The summed E-state index contributed by atoms with van der Waals surface area (Å²) >= 11 is 0. The normalized spacial score (nSPS) is 15.5. The van der Waals surface area contributed by atoms with Gasteiger partial charge in [0.05, 0.1) is 29.7 Å². The number of urea groups is 1. The van der Waals surface area contributed by atoms with Gasteiger partial charge < -0.3 is 10.1 Å². The maximum atomic E-state index is 12.3. The molecule has 8 nitrogen and oxygen atoms in total. The molecule has 0 aliphatic carbocycles. The number of hydrogen-bond acceptors (Lipinski definition) is 6. The molecule has 1 aromatic heterocycles. The lowest BCUT2D eigenvalue weighted by Crippen LogP contribution is -2.40. The fraction of sp³-hybridized carbons (Fsp3) is 0.278. The number of nitriles is 1. The lowest BCUT2D eigenvalue weighted by molar-refractivity contribution is -0.121. The summed E-state index contributed by atoms with van der Waals surface area (Å²) in [6.07, 6.45) is 3.32. The number of anilines is 1. The maximum Gasteiger partial charge on any atom is 0.329 e. The van der Waals surface area contributed by atoms with E-state index in [0.29, 0.717) is 17.7 Å². The Balaban J connectivity index is 1.85. The molecule has 1 aliphatic rings. The summed E-state index contributed by atoms with van der Waals surface area (Å²) in [6, 6.07) is 6.84. The number of imide groups is 1. The average molecular weight is 351 g/mol. The van der Waals surface area contributed by atoms with Crippen LogP contribution in [0.5, 0.6) is 11.8 Å². The van der Waals surface area contributed by atoms with Crippen LogP contribution in [0.1, 0.15) is 31.9 Å². The highest BCUT2D eigenvalue weighted by Gasteiger charge is 2.45. The van der Waals surface area contributed by atoms with Crippen LogP contribution in [0.4, 0.5) is 10.5 Å². The second-order valence-corrected chi connectivity index (χ2v) is 6.27. The SMILES string of the molecule is CCc1c(C#N)cccc1Oc1ncc(N2C(=O)NC(C)(C)C2=O)cn1. The molecule has 2 heterocycles. The van der Waals surface area contributed by atoms with Crippen LogP contribution in [-0.4, -0.2) is 27.4 Å². The molecule has 1 aliphatic heterocycles. The molecule has 0 unspecified atom stereocenters.